The standard InChI is InChI=1S/C13H14O4/c1-8-10(7-12(14)16-3)9-5-4-6-11(15-2)13(9)17-8/h4-6H,7H2,1-3H3. The van der Waals surface area contributed by atoms with Crippen LogP contribution in [0.2, 0.25) is 0 Å². The maximum Gasteiger partial charge on any atom is 0.310 e. The van der Waals surface area contributed by atoms with Crippen LogP contribution in [0.5, 0.6) is 5.75 Å². The van der Waals surface area contributed by atoms with Crippen LogP contribution in [-0.4, -0.2) is 20.2 Å². The SMILES string of the molecule is COC(=O)Cc1c(C)oc2c(OC)cccc12. The highest BCUT2D eigenvalue weighted by atomic mass is 16.5. The number of ether oxygens (including phenoxy) is 2. The molecule has 0 spiro atoms. The first-order chi connectivity index (χ1) is 8.17. The number of hydrogen-bond donors (Lipinski definition) is 0. The van der Waals surface area contributed by atoms with E-state index in [0.717, 1.165) is 16.7 Å². The molecule has 0 unspecified atom stereocenters. The fraction of sp³-hybridized carbons (Fsp3) is 0.308. The van der Waals surface area contributed by atoms with E-state index >= 15 is 0 Å². The van der Waals surface area contributed by atoms with Gasteiger partial charge in [0.15, 0.2) is 11.3 Å². The quantitative estimate of drug-likeness (QED) is 0.765. The molecule has 1 aromatic heterocycles. The van der Waals surface area contributed by atoms with Crippen molar-refractivity contribution in [2.75, 3.05) is 14.2 Å². The van der Waals surface area contributed by atoms with Crippen molar-refractivity contribution < 1.29 is 18.7 Å². The lowest BCUT2D eigenvalue weighted by atomic mass is 10.1. The fourth-order valence-corrected chi connectivity index (χ4v) is 1.86. The van der Waals surface area contributed by atoms with Crippen LogP contribution in [0.1, 0.15) is 11.3 Å². The third kappa shape index (κ3) is 1.98. The minimum absolute atomic E-state index is 0.211. The van der Waals surface area contributed by atoms with Gasteiger partial charge in [0.2, 0.25) is 0 Å². The Labute approximate surface area is 99.1 Å². The number of esters is 1. The van der Waals surface area contributed by atoms with Crippen LogP contribution >= 0.6 is 0 Å². The molecule has 0 atom stereocenters. The molecule has 0 amide bonds. The van der Waals surface area contributed by atoms with Crippen LogP contribution in [0.25, 0.3) is 11.0 Å². The zero-order valence-corrected chi connectivity index (χ0v) is 10.1. The lowest BCUT2D eigenvalue weighted by molar-refractivity contribution is -0.139. The van der Waals surface area contributed by atoms with E-state index in [1.54, 1.807) is 7.11 Å². The Balaban J connectivity index is 2.56. The molecule has 90 valence electrons. The molecule has 1 aromatic carbocycles. The summed E-state index contributed by atoms with van der Waals surface area (Å²) in [5.41, 5.74) is 1.53. The van der Waals surface area contributed by atoms with Gasteiger partial charge in [-0.3, -0.25) is 4.79 Å². The van der Waals surface area contributed by atoms with Crippen LogP contribution in [-0.2, 0) is 16.0 Å². The summed E-state index contributed by atoms with van der Waals surface area (Å²) in [4.78, 5) is 11.3. The molecule has 2 aromatic rings. The zero-order valence-electron chi connectivity index (χ0n) is 10.1. The van der Waals surface area contributed by atoms with Gasteiger partial charge >= 0.3 is 5.97 Å². The predicted molar refractivity (Wildman–Crippen MR) is 63.2 cm³/mol. The first-order valence-corrected chi connectivity index (χ1v) is 5.29. The molecule has 0 aliphatic rings. The number of para-hydroxylation sites is 1. The average molecular weight is 234 g/mol. The molecule has 0 radical (unpaired) electrons. The predicted octanol–water partition coefficient (Wildman–Crippen LogP) is 2.47. The monoisotopic (exact) mass is 234 g/mol. The second-order valence-electron chi connectivity index (χ2n) is 3.73. The van der Waals surface area contributed by atoms with Gasteiger partial charge in [-0.15, -0.1) is 0 Å². The van der Waals surface area contributed by atoms with Crippen molar-refractivity contribution in [3.05, 3.63) is 29.5 Å². The van der Waals surface area contributed by atoms with E-state index in [1.807, 2.05) is 25.1 Å². The highest BCUT2D eigenvalue weighted by molar-refractivity contribution is 5.90. The van der Waals surface area contributed by atoms with E-state index < -0.39 is 0 Å². The van der Waals surface area contributed by atoms with Crippen LogP contribution < -0.4 is 4.74 Å². The number of carbonyl (C=O) groups is 1. The van der Waals surface area contributed by atoms with Crippen LogP contribution in [0.3, 0.4) is 0 Å². The smallest absolute Gasteiger partial charge is 0.310 e. The molecule has 4 nitrogen and oxygen atoms in total. The van der Waals surface area contributed by atoms with Crippen LogP contribution in [0.15, 0.2) is 22.6 Å². The number of rotatable bonds is 3. The van der Waals surface area contributed by atoms with Crippen molar-refractivity contribution in [1.82, 2.24) is 0 Å². The number of carbonyl (C=O) groups excluding carboxylic acids is 1. The Kier molecular flexibility index (Phi) is 3.04. The van der Waals surface area contributed by atoms with Gasteiger partial charge in [-0.1, -0.05) is 12.1 Å². The van der Waals surface area contributed by atoms with Gasteiger partial charge in [0.1, 0.15) is 5.76 Å². The summed E-state index contributed by atoms with van der Waals surface area (Å²) in [6.07, 6.45) is 0.211. The first kappa shape index (κ1) is 11.5. The van der Waals surface area contributed by atoms with E-state index in [0.29, 0.717) is 11.3 Å². The Morgan fingerprint density at radius 3 is 2.76 bits per heavy atom. The largest absolute Gasteiger partial charge is 0.493 e. The molecule has 4 heteroatoms. The normalized spacial score (nSPS) is 10.5. The molecule has 0 aliphatic carbocycles. The number of hydrogen-bond acceptors (Lipinski definition) is 4. The molecular weight excluding hydrogens is 220 g/mol. The summed E-state index contributed by atoms with van der Waals surface area (Å²) in [6.45, 7) is 1.83. The van der Waals surface area contributed by atoms with E-state index in [9.17, 15) is 4.79 Å². The molecule has 0 aliphatic heterocycles. The number of furan rings is 1. The van der Waals surface area contributed by atoms with Gasteiger partial charge in [-0.05, 0) is 13.0 Å². The van der Waals surface area contributed by atoms with Crippen molar-refractivity contribution in [2.45, 2.75) is 13.3 Å². The van der Waals surface area contributed by atoms with Crippen molar-refractivity contribution >= 4 is 16.9 Å². The fourth-order valence-electron chi connectivity index (χ4n) is 1.86. The van der Waals surface area contributed by atoms with E-state index in [4.69, 9.17) is 9.15 Å². The Bertz CT molecular complexity index is 554. The number of methoxy groups -OCH3 is 2. The molecular formula is C13H14O4. The summed E-state index contributed by atoms with van der Waals surface area (Å²) < 4.78 is 15.5. The van der Waals surface area contributed by atoms with Crippen molar-refractivity contribution in [2.24, 2.45) is 0 Å². The lowest BCUT2D eigenvalue weighted by Crippen LogP contribution is -2.04. The number of fused-ring (bicyclic) bond motifs is 1. The number of aryl methyl sites for hydroxylation is 1. The molecule has 0 fully saturated rings. The summed E-state index contributed by atoms with van der Waals surface area (Å²) in [5, 5.41) is 0.896. The Morgan fingerprint density at radius 1 is 1.35 bits per heavy atom. The molecule has 0 bridgehead atoms. The number of benzene rings is 1. The minimum Gasteiger partial charge on any atom is -0.493 e. The van der Waals surface area contributed by atoms with Crippen molar-refractivity contribution in [1.29, 1.82) is 0 Å². The molecule has 0 saturated carbocycles. The summed E-state index contributed by atoms with van der Waals surface area (Å²) in [5.74, 6) is 1.11. The summed E-state index contributed by atoms with van der Waals surface area (Å²) >= 11 is 0. The van der Waals surface area contributed by atoms with E-state index in [-0.39, 0.29) is 12.4 Å². The topological polar surface area (TPSA) is 48.7 Å². The molecule has 2 rings (SSSR count). The van der Waals surface area contributed by atoms with E-state index in [1.165, 1.54) is 7.11 Å². The third-order valence-corrected chi connectivity index (χ3v) is 2.75. The Morgan fingerprint density at radius 2 is 2.12 bits per heavy atom. The van der Waals surface area contributed by atoms with Crippen molar-refractivity contribution in [3.63, 3.8) is 0 Å². The third-order valence-electron chi connectivity index (χ3n) is 2.75. The average Bonchev–Trinajstić information content (AvgIpc) is 2.66. The zero-order chi connectivity index (χ0) is 12.4. The maximum absolute atomic E-state index is 11.3. The van der Waals surface area contributed by atoms with Gasteiger partial charge in [0.25, 0.3) is 0 Å². The van der Waals surface area contributed by atoms with Crippen molar-refractivity contribution in [3.8, 4) is 5.75 Å². The summed E-state index contributed by atoms with van der Waals surface area (Å²) in [7, 11) is 2.97. The van der Waals surface area contributed by atoms with Crippen LogP contribution in [0.4, 0.5) is 0 Å². The van der Waals surface area contributed by atoms with Gasteiger partial charge < -0.3 is 13.9 Å². The highest BCUT2D eigenvalue weighted by Gasteiger charge is 2.16. The summed E-state index contributed by atoms with van der Waals surface area (Å²) in [6, 6.07) is 5.61. The highest BCUT2D eigenvalue weighted by Crippen LogP contribution is 2.32. The molecule has 0 N–H and O–H groups in total. The lowest BCUT2D eigenvalue weighted by Gasteiger charge is -2.00. The van der Waals surface area contributed by atoms with Gasteiger partial charge in [-0.25, -0.2) is 0 Å². The molecule has 1 heterocycles. The minimum atomic E-state index is -0.279. The Hall–Kier alpha value is -1.97. The molecule has 17 heavy (non-hydrogen) atoms. The van der Waals surface area contributed by atoms with E-state index in [2.05, 4.69) is 4.74 Å². The first-order valence-electron chi connectivity index (χ1n) is 5.29. The van der Waals surface area contributed by atoms with Gasteiger partial charge in [0, 0.05) is 10.9 Å². The van der Waals surface area contributed by atoms with Crippen LogP contribution in [0, 0.1) is 6.92 Å². The maximum atomic E-state index is 11.3. The second-order valence-corrected chi connectivity index (χ2v) is 3.73. The van der Waals surface area contributed by atoms with Gasteiger partial charge in [0.05, 0.1) is 20.6 Å². The molecule has 0 saturated heterocycles. The second kappa shape index (κ2) is 4.49. The van der Waals surface area contributed by atoms with Gasteiger partial charge in [-0.2, -0.15) is 0 Å².